The number of methoxy groups -OCH3 is 2. The number of allylic oxidation sites excluding steroid dienone is 1. The van der Waals surface area contributed by atoms with Crippen molar-refractivity contribution in [3.05, 3.63) is 71.3 Å². The standard InChI is InChI=1S/C27H27NO3/c1-27(2)14-20-24(21(29)15-27)19-11-9-16-7-5-6-8-18(16)26(19)28-25(20)17-10-12-22(30-3)23(13-17)31-4/h5-13,25,28H,14-15H2,1-4H3. The van der Waals surface area contributed by atoms with Crippen molar-refractivity contribution in [3.63, 3.8) is 0 Å². The summed E-state index contributed by atoms with van der Waals surface area (Å²) in [7, 11) is 3.29. The number of ether oxygens (including phenoxy) is 2. The average molecular weight is 414 g/mol. The molecule has 4 heteroatoms. The monoisotopic (exact) mass is 413 g/mol. The Balaban J connectivity index is 1.76. The van der Waals surface area contributed by atoms with E-state index in [1.165, 1.54) is 0 Å². The second-order valence-corrected chi connectivity index (χ2v) is 9.24. The van der Waals surface area contributed by atoms with Gasteiger partial charge in [0.15, 0.2) is 17.3 Å². The van der Waals surface area contributed by atoms with Crippen LogP contribution in [0.5, 0.6) is 11.5 Å². The average Bonchev–Trinajstić information content (AvgIpc) is 2.76. The van der Waals surface area contributed by atoms with Crippen LogP contribution in [0.1, 0.15) is 43.9 Å². The van der Waals surface area contributed by atoms with Crippen LogP contribution in [0.4, 0.5) is 5.69 Å². The second kappa shape index (κ2) is 7.16. The van der Waals surface area contributed by atoms with Gasteiger partial charge in [0.1, 0.15) is 0 Å². The van der Waals surface area contributed by atoms with Crippen LogP contribution in [0, 0.1) is 5.41 Å². The highest BCUT2D eigenvalue weighted by Gasteiger charge is 2.40. The second-order valence-electron chi connectivity index (χ2n) is 9.24. The van der Waals surface area contributed by atoms with Crippen molar-refractivity contribution in [2.24, 2.45) is 5.41 Å². The molecular weight excluding hydrogens is 386 g/mol. The molecule has 3 aromatic rings. The third-order valence-corrected chi connectivity index (χ3v) is 6.48. The summed E-state index contributed by atoms with van der Waals surface area (Å²) in [5, 5.41) is 6.09. The first kappa shape index (κ1) is 19.7. The lowest BCUT2D eigenvalue weighted by Crippen LogP contribution is -2.32. The summed E-state index contributed by atoms with van der Waals surface area (Å²) in [6, 6.07) is 18.4. The Kier molecular flexibility index (Phi) is 4.54. The van der Waals surface area contributed by atoms with Crippen molar-refractivity contribution in [3.8, 4) is 11.5 Å². The van der Waals surface area contributed by atoms with E-state index >= 15 is 0 Å². The third kappa shape index (κ3) is 3.18. The maximum absolute atomic E-state index is 13.4. The van der Waals surface area contributed by atoms with Crippen molar-refractivity contribution in [1.29, 1.82) is 0 Å². The fourth-order valence-corrected chi connectivity index (χ4v) is 5.12. The molecular formula is C27H27NO3. The van der Waals surface area contributed by atoms with Crippen LogP contribution in [0.25, 0.3) is 16.3 Å². The highest BCUT2D eigenvalue weighted by molar-refractivity contribution is 6.26. The zero-order valence-electron chi connectivity index (χ0n) is 18.4. The first-order valence-corrected chi connectivity index (χ1v) is 10.7. The van der Waals surface area contributed by atoms with Crippen LogP contribution in [-0.4, -0.2) is 20.0 Å². The van der Waals surface area contributed by atoms with Crippen LogP contribution in [0.3, 0.4) is 0 Å². The zero-order chi connectivity index (χ0) is 21.8. The number of nitrogens with one attached hydrogen (secondary N) is 1. The predicted molar refractivity (Wildman–Crippen MR) is 125 cm³/mol. The lowest BCUT2D eigenvalue weighted by atomic mass is 9.68. The van der Waals surface area contributed by atoms with Crippen molar-refractivity contribution < 1.29 is 14.3 Å². The number of rotatable bonds is 3. The Bertz CT molecular complexity index is 1240. The fraction of sp³-hybridized carbons (Fsp3) is 0.296. The van der Waals surface area contributed by atoms with Crippen LogP contribution >= 0.6 is 0 Å². The lowest BCUT2D eigenvalue weighted by Gasteiger charge is -2.40. The van der Waals surface area contributed by atoms with E-state index in [0.29, 0.717) is 17.9 Å². The van der Waals surface area contributed by atoms with Gasteiger partial charge in [0, 0.05) is 22.9 Å². The summed E-state index contributed by atoms with van der Waals surface area (Å²) in [6.07, 6.45) is 1.43. The number of hydrogen-bond donors (Lipinski definition) is 1. The van der Waals surface area contributed by atoms with Gasteiger partial charge in [-0.15, -0.1) is 0 Å². The molecule has 0 saturated heterocycles. The third-order valence-electron chi connectivity index (χ3n) is 6.48. The van der Waals surface area contributed by atoms with E-state index in [4.69, 9.17) is 9.47 Å². The minimum atomic E-state index is -0.100. The highest BCUT2D eigenvalue weighted by atomic mass is 16.5. The number of fused-ring (bicyclic) bond motifs is 4. The molecule has 0 radical (unpaired) electrons. The molecule has 1 aliphatic carbocycles. The molecule has 2 aliphatic rings. The molecule has 4 nitrogen and oxygen atoms in total. The van der Waals surface area contributed by atoms with Gasteiger partial charge in [0.25, 0.3) is 0 Å². The van der Waals surface area contributed by atoms with E-state index in [1.54, 1.807) is 14.2 Å². The smallest absolute Gasteiger partial charge is 0.164 e. The molecule has 0 fully saturated rings. The van der Waals surface area contributed by atoms with E-state index in [9.17, 15) is 4.79 Å². The lowest BCUT2D eigenvalue weighted by molar-refractivity contribution is -0.116. The Hall–Kier alpha value is -3.27. The molecule has 3 aromatic carbocycles. The van der Waals surface area contributed by atoms with Gasteiger partial charge in [-0.2, -0.15) is 0 Å². The molecule has 158 valence electrons. The number of carbonyl (C=O) groups excluding carboxylic acids is 1. The predicted octanol–water partition coefficient (Wildman–Crippen LogP) is 6.17. The van der Waals surface area contributed by atoms with Gasteiger partial charge in [-0.25, -0.2) is 0 Å². The van der Waals surface area contributed by atoms with Gasteiger partial charge >= 0.3 is 0 Å². The van der Waals surface area contributed by atoms with Crippen LogP contribution in [0.2, 0.25) is 0 Å². The van der Waals surface area contributed by atoms with E-state index in [-0.39, 0.29) is 17.2 Å². The van der Waals surface area contributed by atoms with Crippen molar-refractivity contribution >= 4 is 27.8 Å². The summed E-state index contributed by atoms with van der Waals surface area (Å²) < 4.78 is 11.0. The van der Waals surface area contributed by atoms with Gasteiger partial charge in [-0.3, -0.25) is 4.79 Å². The molecule has 1 N–H and O–H groups in total. The first-order valence-electron chi connectivity index (χ1n) is 10.7. The van der Waals surface area contributed by atoms with E-state index in [2.05, 4.69) is 49.5 Å². The number of hydrogen-bond acceptors (Lipinski definition) is 4. The molecule has 0 bridgehead atoms. The minimum Gasteiger partial charge on any atom is -0.493 e. The molecule has 0 aromatic heterocycles. The molecule has 1 atom stereocenters. The fourth-order valence-electron chi connectivity index (χ4n) is 5.12. The van der Waals surface area contributed by atoms with E-state index in [1.807, 2.05) is 24.3 Å². The minimum absolute atomic E-state index is 0.0687. The molecule has 1 unspecified atom stereocenters. The quantitative estimate of drug-likeness (QED) is 0.558. The summed E-state index contributed by atoms with van der Waals surface area (Å²) in [6.45, 7) is 4.35. The van der Waals surface area contributed by atoms with Gasteiger partial charge in [0.05, 0.1) is 25.9 Å². The Morgan fingerprint density at radius 2 is 1.71 bits per heavy atom. The summed E-state index contributed by atoms with van der Waals surface area (Å²) in [4.78, 5) is 13.4. The van der Waals surface area contributed by atoms with Crippen LogP contribution in [-0.2, 0) is 4.79 Å². The van der Waals surface area contributed by atoms with E-state index < -0.39 is 0 Å². The Morgan fingerprint density at radius 1 is 0.935 bits per heavy atom. The maximum Gasteiger partial charge on any atom is 0.164 e. The Labute approximate surface area is 182 Å². The SMILES string of the molecule is COc1ccc(C2Nc3c(ccc4ccccc34)C3=C2CC(C)(C)CC3=O)cc1OC. The van der Waals surface area contributed by atoms with Crippen LogP contribution in [0.15, 0.2) is 60.2 Å². The van der Waals surface area contributed by atoms with Gasteiger partial charge < -0.3 is 14.8 Å². The molecule has 1 heterocycles. The Morgan fingerprint density at radius 3 is 2.48 bits per heavy atom. The van der Waals surface area contributed by atoms with Crippen LogP contribution < -0.4 is 14.8 Å². The normalized spacial score (nSPS) is 19.5. The number of ketones is 1. The molecule has 0 spiro atoms. The highest BCUT2D eigenvalue weighted by Crippen LogP contribution is 2.52. The van der Waals surface area contributed by atoms with Gasteiger partial charge in [-0.1, -0.05) is 56.3 Å². The van der Waals surface area contributed by atoms with Crippen molar-refractivity contribution in [2.75, 3.05) is 19.5 Å². The van der Waals surface area contributed by atoms with E-state index in [0.717, 1.165) is 45.2 Å². The molecule has 1 aliphatic heterocycles. The molecule has 5 rings (SSSR count). The van der Waals surface area contributed by atoms with Gasteiger partial charge in [0.2, 0.25) is 0 Å². The number of benzene rings is 3. The summed E-state index contributed by atoms with van der Waals surface area (Å²) in [5.41, 5.74) is 5.10. The van der Waals surface area contributed by atoms with Crippen molar-refractivity contribution in [1.82, 2.24) is 0 Å². The maximum atomic E-state index is 13.4. The largest absolute Gasteiger partial charge is 0.493 e. The zero-order valence-corrected chi connectivity index (χ0v) is 18.4. The van der Waals surface area contributed by atoms with Crippen molar-refractivity contribution in [2.45, 2.75) is 32.7 Å². The molecule has 0 amide bonds. The first-order chi connectivity index (χ1) is 14.9. The summed E-state index contributed by atoms with van der Waals surface area (Å²) >= 11 is 0. The molecule has 0 saturated carbocycles. The number of anilines is 1. The summed E-state index contributed by atoms with van der Waals surface area (Å²) in [5.74, 6) is 1.62. The number of Topliss-reactive ketones (excluding diaryl/α,β-unsaturated/α-hetero) is 1. The molecule has 31 heavy (non-hydrogen) atoms. The topological polar surface area (TPSA) is 47.6 Å². The number of carbonyl (C=O) groups is 1. The van der Waals surface area contributed by atoms with Gasteiger partial charge in [-0.05, 0) is 40.5 Å².